The molecule has 2 bridgehead atoms. The molecule has 2 saturated carbocycles. The molecule has 2 heteroatoms. The van der Waals surface area contributed by atoms with Crippen molar-refractivity contribution >= 4 is 5.76 Å². The highest BCUT2D eigenvalue weighted by molar-refractivity contribution is 5.64. The van der Waals surface area contributed by atoms with Crippen molar-refractivity contribution in [3.05, 3.63) is 41.5 Å². The van der Waals surface area contributed by atoms with Crippen LogP contribution in [0.2, 0.25) is 0 Å². The molecule has 0 heterocycles. The highest BCUT2D eigenvalue weighted by atomic mass is 16.5. The third-order valence-electron chi connectivity index (χ3n) is 5.42. The number of hydrogen-bond donors (Lipinski definition) is 0. The van der Waals surface area contributed by atoms with Crippen molar-refractivity contribution in [2.45, 2.75) is 39.5 Å². The molecule has 0 spiro atoms. The smallest absolute Gasteiger partial charge is 0.126 e. The number of hydrogen-bond acceptors (Lipinski definition) is 2. The first-order valence-corrected chi connectivity index (χ1v) is 8.95. The van der Waals surface area contributed by atoms with Crippen LogP contribution in [0.4, 0.5) is 0 Å². The average molecular weight is 299 g/mol. The van der Waals surface area contributed by atoms with Crippen molar-refractivity contribution < 1.29 is 4.74 Å². The topological polar surface area (TPSA) is 12.5 Å². The second kappa shape index (κ2) is 7.32. The van der Waals surface area contributed by atoms with Crippen molar-refractivity contribution in [3.8, 4) is 0 Å². The molecule has 22 heavy (non-hydrogen) atoms. The van der Waals surface area contributed by atoms with Crippen molar-refractivity contribution in [3.63, 3.8) is 0 Å². The van der Waals surface area contributed by atoms with Gasteiger partial charge in [0.2, 0.25) is 0 Å². The predicted molar refractivity (Wildman–Crippen MR) is 92.6 cm³/mol. The predicted octanol–water partition coefficient (Wildman–Crippen LogP) is 4.58. The summed E-state index contributed by atoms with van der Waals surface area (Å²) >= 11 is 0. The van der Waals surface area contributed by atoms with Crippen molar-refractivity contribution in [1.82, 2.24) is 4.90 Å². The molecule has 2 aliphatic carbocycles. The minimum atomic E-state index is 0.786. The van der Waals surface area contributed by atoms with Gasteiger partial charge in [-0.05, 0) is 56.2 Å². The minimum absolute atomic E-state index is 0.786. The van der Waals surface area contributed by atoms with E-state index in [0.29, 0.717) is 0 Å². The zero-order valence-corrected chi connectivity index (χ0v) is 14.1. The summed E-state index contributed by atoms with van der Waals surface area (Å²) in [5.74, 6) is 2.90. The number of allylic oxidation sites excluding steroid dienone is 1. The molecular formula is C20H29NO. The molecule has 3 rings (SSSR count). The van der Waals surface area contributed by atoms with E-state index in [4.69, 9.17) is 4.74 Å². The Morgan fingerprint density at radius 1 is 1.14 bits per heavy atom. The van der Waals surface area contributed by atoms with E-state index in [1.807, 2.05) is 0 Å². The van der Waals surface area contributed by atoms with Gasteiger partial charge in [0.05, 0.1) is 0 Å². The van der Waals surface area contributed by atoms with E-state index in [1.165, 1.54) is 37.0 Å². The fourth-order valence-electron chi connectivity index (χ4n) is 4.10. The number of likely N-dealkylation sites (N-methyl/N-ethyl adjacent to an activating group) is 1. The molecule has 120 valence electrons. The fourth-order valence-corrected chi connectivity index (χ4v) is 4.10. The highest BCUT2D eigenvalue weighted by Gasteiger charge is 2.37. The lowest BCUT2D eigenvalue weighted by Gasteiger charge is -2.23. The van der Waals surface area contributed by atoms with Crippen LogP contribution in [0, 0.1) is 11.8 Å². The van der Waals surface area contributed by atoms with E-state index >= 15 is 0 Å². The molecule has 2 aliphatic rings. The summed E-state index contributed by atoms with van der Waals surface area (Å²) in [5, 5.41) is 0. The van der Waals surface area contributed by atoms with E-state index in [2.05, 4.69) is 49.1 Å². The van der Waals surface area contributed by atoms with Crippen LogP contribution in [0.25, 0.3) is 5.76 Å². The second-order valence-electron chi connectivity index (χ2n) is 6.68. The molecule has 1 aromatic carbocycles. The van der Waals surface area contributed by atoms with Gasteiger partial charge in [-0.2, -0.15) is 0 Å². The van der Waals surface area contributed by atoms with Gasteiger partial charge in [0, 0.05) is 12.1 Å². The lowest BCUT2D eigenvalue weighted by molar-refractivity contribution is 0.199. The van der Waals surface area contributed by atoms with Gasteiger partial charge in [-0.3, -0.25) is 0 Å². The summed E-state index contributed by atoms with van der Waals surface area (Å²) in [4.78, 5) is 2.42. The molecule has 2 nitrogen and oxygen atoms in total. The van der Waals surface area contributed by atoms with E-state index < -0.39 is 0 Å². The van der Waals surface area contributed by atoms with E-state index in [0.717, 1.165) is 38.1 Å². The van der Waals surface area contributed by atoms with Crippen LogP contribution in [0.3, 0.4) is 0 Å². The Kier molecular flexibility index (Phi) is 5.20. The maximum Gasteiger partial charge on any atom is 0.126 e. The van der Waals surface area contributed by atoms with Gasteiger partial charge < -0.3 is 9.64 Å². The Morgan fingerprint density at radius 2 is 1.91 bits per heavy atom. The molecule has 2 atom stereocenters. The molecule has 0 aromatic heterocycles. The summed E-state index contributed by atoms with van der Waals surface area (Å²) in [7, 11) is 0. The van der Waals surface area contributed by atoms with Crippen LogP contribution in [-0.4, -0.2) is 31.1 Å². The number of fused-ring (bicyclic) bond motifs is 2. The number of benzene rings is 1. The quantitative estimate of drug-likeness (QED) is 0.684. The summed E-state index contributed by atoms with van der Waals surface area (Å²) in [5.41, 5.74) is 2.87. The lowest BCUT2D eigenvalue weighted by Crippen LogP contribution is -2.27. The third kappa shape index (κ3) is 3.38. The fraction of sp³-hybridized carbons (Fsp3) is 0.600. The van der Waals surface area contributed by atoms with Crippen LogP contribution < -0.4 is 0 Å². The minimum Gasteiger partial charge on any atom is -0.492 e. The Hall–Kier alpha value is -1.28. The van der Waals surface area contributed by atoms with Gasteiger partial charge in [0.1, 0.15) is 12.4 Å². The van der Waals surface area contributed by atoms with E-state index in [9.17, 15) is 0 Å². The van der Waals surface area contributed by atoms with Gasteiger partial charge in [-0.25, -0.2) is 0 Å². The second-order valence-corrected chi connectivity index (χ2v) is 6.68. The molecule has 0 aliphatic heterocycles. The van der Waals surface area contributed by atoms with E-state index in [1.54, 1.807) is 5.57 Å². The lowest BCUT2D eigenvalue weighted by atomic mass is 9.92. The largest absolute Gasteiger partial charge is 0.492 e. The molecule has 2 fully saturated rings. The Morgan fingerprint density at radius 3 is 2.50 bits per heavy atom. The monoisotopic (exact) mass is 299 g/mol. The van der Waals surface area contributed by atoms with Gasteiger partial charge >= 0.3 is 0 Å². The van der Waals surface area contributed by atoms with Crippen LogP contribution in [0.5, 0.6) is 0 Å². The Balaban J connectivity index is 1.75. The molecule has 2 unspecified atom stereocenters. The Labute approximate surface area is 135 Å². The number of ether oxygens (including phenoxy) is 1. The standard InChI is InChI=1S/C20H29NO/c1-3-21(4-2)12-13-22-20(17-8-6-5-7-9-17)19-15-16-10-11-18(19)14-16/h5-9,16,18H,3-4,10-15H2,1-2H3/b20-19-. The molecule has 1 aromatic rings. The normalized spacial score (nSPS) is 25.8. The first-order chi connectivity index (χ1) is 10.8. The molecule has 0 N–H and O–H groups in total. The summed E-state index contributed by atoms with van der Waals surface area (Å²) in [6.45, 7) is 8.45. The third-order valence-corrected chi connectivity index (χ3v) is 5.42. The maximum atomic E-state index is 6.34. The van der Waals surface area contributed by atoms with Crippen LogP contribution in [0.15, 0.2) is 35.9 Å². The first kappa shape index (κ1) is 15.6. The average Bonchev–Trinajstić information content (AvgIpc) is 3.19. The molecule has 0 amide bonds. The van der Waals surface area contributed by atoms with Crippen molar-refractivity contribution in [2.24, 2.45) is 11.8 Å². The molecular weight excluding hydrogens is 270 g/mol. The van der Waals surface area contributed by atoms with Crippen LogP contribution in [0.1, 0.15) is 45.1 Å². The Bertz CT molecular complexity index is 504. The summed E-state index contributed by atoms with van der Waals surface area (Å²) in [6.07, 6.45) is 5.46. The van der Waals surface area contributed by atoms with E-state index in [-0.39, 0.29) is 0 Å². The van der Waals surface area contributed by atoms with Gasteiger partial charge in [0.25, 0.3) is 0 Å². The number of rotatable bonds is 7. The number of nitrogens with zero attached hydrogens (tertiary/aromatic N) is 1. The molecule has 0 radical (unpaired) electrons. The summed E-state index contributed by atoms with van der Waals surface area (Å²) in [6, 6.07) is 10.7. The van der Waals surface area contributed by atoms with Gasteiger partial charge in [-0.15, -0.1) is 0 Å². The first-order valence-electron chi connectivity index (χ1n) is 8.95. The van der Waals surface area contributed by atoms with Crippen LogP contribution >= 0.6 is 0 Å². The molecule has 0 saturated heterocycles. The van der Waals surface area contributed by atoms with Crippen LogP contribution in [-0.2, 0) is 4.74 Å². The van der Waals surface area contributed by atoms with Crippen molar-refractivity contribution in [1.29, 1.82) is 0 Å². The maximum absolute atomic E-state index is 6.34. The summed E-state index contributed by atoms with van der Waals surface area (Å²) < 4.78 is 6.34. The van der Waals surface area contributed by atoms with Gasteiger partial charge in [-0.1, -0.05) is 44.2 Å². The van der Waals surface area contributed by atoms with Crippen molar-refractivity contribution in [2.75, 3.05) is 26.2 Å². The zero-order valence-electron chi connectivity index (χ0n) is 14.1. The SMILES string of the molecule is CCN(CC)CCO/C(=C1/CC2CCC1C2)c1ccccc1. The highest BCUT2D eigenvalue weighted by Crippen LogP contribution is 2.50. The zero-order chi connectivity index (χ0) is 15.4. The van der Waals surface area contributed by atoms with Gasteiger partial charge in [0.15, 0.2) is 0 Å².